The lowest BCUT2D eigenvalue weighted by Gasteiger charge is -2.07. The number of hydrogen-bond donors (Lipinski definition) is 2. The van der Waals surface area contributed by atoms with E-state index < -0.39 is 0 Å². The number of aromatic nitrogens is 4. The number of fused-ring (bicyclic) bond motifs is 8. The maximum absolute atomic E-state index is 12.9. The van der Waals surface area contributed by atoms with Gasteiger partial charge in [0.25, 0.3) is 0 Å². The van der Waals surface area contributed by atoms with Crippen LogP contribution in [-0.2, 0) is 0 Å². The molecule has 7 aromatic rings. The van der Waals surface area contributed by atoms with Gasteiger partial charge in [-0.25, -0.2) is 9.97 Å². The Balaban J connectivity index is 1.52. The molecular formula is C45H30N4O. The summed E-state index contributed by atoms with van der Waals surface area (Å²) in [5.74, 6) is 0. The summed E-state index contributed by atoms with van der Waals surface area (Å²) >= 11 is 0. The van der Waals surface area contributed by atoms with Crippen LogP contribution in [0, 0.1) is 0 Å². The van der Waals surface area contributed by atoms with Gasteiger partial charge in [-0.1, -0.05) is 121 Å². The van der Waals surface area contributed by atoms with Gasteiger partial charge in [-0.2, -0.15) is 0 Å². The van der Waals surface area contributed by atoms with E-state index in [-0.39, 0.29) is 0 Å². The number of aromatic amines is 2. The fourth-order valence-electron chi connectivity index (χ4n) is 7.04. The molecule has 236 valence electrons. The number of H-pyrrole nitrogens is 2. The summed E-state index contributed by atoms with van der Waals surface area (Å²) in [5.41, 5.74) is 14.9. The molecular weight excluding hydrogens is 613 g/mol. The second kappa shape index (κ2) is 12.3. The van der Waals surface area contributed by atoms with Crippen LogP contribution in [-0.4, -0.2) is 26.2 Å². The first-order chi connectivity index (χ1) is 24.7. The van der Waals surface area contributed by atoms with Gasteiger partial charge in [0.2, 0.25) is 0 Å². The Morgan fingerprint density at radius 1 is 0.400 bits per heavy atom. The molecule has 0 radical (unpaired) electrons. The van der Waals surface area contributed by atoms with Crippen LogP contribution in [0.5, 0.6) is 0 Å². The summed E-state index contributed by atoms with van der Waals surface area (Å²) in [5, 5.41) is 0. The zero-order valence-corrected chi connectivity index (χ0v) is 27.0. The molecule has 5 nitrogen and oxygen atoms in total. The largest absolute Gasteiger partial charge is 0.354 e. The average molecular weight is 643 g/mol. The van der Waals surface area contributed by atoms with Crippen LogP contribution in [0.15, 0.2) is 140 Å². The number of carbonyl (C=O) groups excluding carboxylic acids is 1. The second-order valence-corrected chi connectivity index (χ2v) is 12.3. The topological polar surface area (TPSA) is 74.4 Å². The minimum atomic E-state index is 0.554. The molecule has 9 rings (SSSR count). The Hall–Kier alpha value is -6.85. The molecule has 0 saturated heterocycles. The molecule has 3 aromatic heterocycles. The van der Waals surface area contributed by atoms with E-state index in [1.165, 1.54) is 0 Å². The van der Waals surface area contributed by atoms with Gasteiger partial charge in [-0.3, -0.25) is 4.79 Å². The van der Waals surface area contributed by atoms with Crippen molar-refractivity contribution in [3.8, 4) is 44.5 Å². The van der Waals surface area contributed by atoms with Crippen LogP contribution in [0.25, 0.3) is 90.9 Å². The van der Waals surface area contributed by atoms with Gasteiger partial charge in [0.1, 0.15) is 0 Å². The number of aldehydes is 1. The van der Waals surface area contributed by atoms with Gasteiger partial charge in [0, 0.05) is 44.4 Å². The summed E-state index contributed by atoms with van der Waals surface area (Å²) in [6.07, 6.45) is 9.20. The van der Waals surface area contributed by atoms with Crippen molar-refractivity contribution in [2.24, 2.45) is 0 Å². The third-order valence-electron chi connectivity index (χ3n) is 9.27. The molecule has 4 aromatic carbocycles. The number of rotatable bonds is 5. The highest BCUT2D eigenvalue weighted by Gasteiger charge is 2.20. The van der Waals surface area contributed by atoms with E-state index in [1.807, 2.05) is 72.8 Å². The van der Waals surface area contributed by atoms with Gasteiger partial charge in [0.15, 0.2) is 6.29 Å². The lowest BCUT2D eigenvalue weighted by molar-refractivity contribution is 0.112. The first kappa shape index (κ1) is 29.3. The lowest BCUT2D eigenvalue weighted by Crippen LogP contribution is -1.91. The van der Waals surface area contributed by atoms with Crippen molar-refractivity contribution in [2.45, 2.75) is 0 Å². The van der Waals surface area contributed by atoms with E-state index in [9.17, 15) is 4.79 Å². The quantitative estimate of drug-likeness (QED) is 0.183. The van der Waals surface area contributed by atoms with E-state index in [0.29, 0.717) is 11.1 Å². The zero-order chi connectivity index (χ0) is 33.4. The van der Waals surface area contributed by atoms with E-state index in [2.05, 4.69) is 101 Å². The molecule has 2 aliphatic heterocycles. The van der Waals surface area contributed by atoms with Crippen molar-refractivity contribution >= 4 is 52.7 Å². The summed E-state index contributed by atoms with van der Waals surface area (Å²) in [4.78, 5) is 31.0. The molecule has 0 aliphatic carbocycles. The van der Waals surface area contributed by atoms with Crippen LogP contribution in [0.2, 0.25) is 0 Å². The normalized spacial score (nSPS) is 11.9. The number of carbonyl (C=O) groups is 1. The standard InChI is InChI=1S/C45H30N4O/c50-28-33-27-40-43(31-17-9-3-10-18-31)38-24-23-36(47-38)41(29-13-5-1-6-14-29)34-21-22-35(46-34)42(30-15-7-2-8-16-30)37-25-26-39(48-37)44(45(33)49-40)32-19-11-4-12-20-32/h1-28,47,49H. The molecule has 0 saturated carbocycles. The predicted molar refractivity (Wildman–Crippen MR) is 206 cm³/mol. The average Bonchev–Trinajstić information content (AvgIpc) is 4.00. The molecule has 0 unspecified atom stereocenters. The van der Waals surface area contributed by atoms with Gasteiger partial charge in [-0.15, -0.1) is 0 Å². The molecule has 0 atom stereocenters. The van der Waals surface area contributed by atoms with Gasteiger partial charge in [-0.05, 0) is 64.8 Å². The lowest BCUT2D eigenvalue weighted by atomic mass is 10.0. The minimum absolute atomic E-state index is 0.554. The maximum Gasteiger partial charge on any atom is 0.152 e. The third-order valence-corrected chi connectivity index (χ3v) is 9.27. The Labute approximate surface area is 289 Å². The molecule has 0 amide bonds. The molecule has 5 heteroatoms. The van der Waals surface area contributed by atoms with Crippen LogP contribution in [0.1, 0.15) is 33.1 Å². The second-order valence-electron chi connectivity index (χ2n) is 12.3. The monoisotopic (exact) mass is 642 g/mol. The van der Waals surface area contributed by atoms with Crippen molar-refractivity contribution < 1.29 is 4.79 Å². The molecule has 2 N–H and O–H groups in total. The number of benzene rings is 4. The number of hydrogen-bond acceptors (Lipinski definition) is 3. The summed E-state index contributed by atoms with van der Waals surface area (Å²) < 4.78 is 0. The molecule has 0 spiro atoms. The summed E-state index contributed by atoms with van der Waals surface area (Å²) in [6, 6.07) is 47.2. The summed E-state index contributed by atoms with van der Waals surface area (Å²) in [7, 11) is 0. The van der Waals surface area contributed by atoms with Crippen LogP contribution >= 0.6 is 0 Å². The van der Waals surface area contributed by atoms with E-state index in [1.54, 1.807) is 0 Å². The van der Waals surface area contributed by atoms with Crippen LogP contribution in [0.3, 0.4) is 0 Å². The zero-order valence-electron chi connectivity index (χ0n) is 27.0. The first-order valence-electron chi connectivity index (χ1n) is 16.6. The number of nitrogens with zero attached hydrogens (tertiary/aromatic N) is 2. The molecule has 2 aliphatic rings. The SMILES string of the molecule is O=Cc1cc2[nH]c1c(-c1ccccc1)c1nc(c(-c3ccccc3)c3nc(c(-c4ccccc4)c4ccc([nH]4)c2-c2ccccc2)C=C3)C=C1. The minimum Gasteiger partial charge on any atom is -0.354 e. The van der Waals surface area contributed by atoms with Crippen molar-refractivity contribution in [2.75, 3.05) is 0 Å². The Morgan fingerprint density at radius 2 is 0.800 bits per heavy atom. The van der Waals surface area contributed by atoms with Crippen molar-refractivity contribution in [1.29, 1.82) is 0 Å². The highest BCUT2D eigenvalue weighted by molar-refractivity contribution is 6.05. The van der Waals surface area contributed by atoms with Crippen molar-refractivity contribution in [3.05, 3.63) is 168 Å². The molecule has 5 heterocycles. The highest BCUT2D eigenvalue weighted by Crippen LogP contribution is 2.39. The van der Waals surface area contributed by atoms with Crippen molar-refractivity contribution in [1.82, 2.24) is 19.9 Å². The van der Waals surface area contributed by atoms with Crippen LogP contribution in [0.4, 0.5) is 0 Å². The van der Waals surface area contributed by atoms with E-state index in [0.717, 1.165) is 90.1 Å². The fourth-order valence-corrected chi connectivity index (χ4v) is 7.04. The molecule has 8 bridgehead atoms. The highest BCUT2D eigenvalue weighted by atomic mass is 16.1. The van der Waals surface area contributed by atoms with E-state index >= 15 is 0 Å². The first-order valence-corrected chi connectivity index (χ1v) is 16.6. The maximum atomic E-state index is 12.9. The predicted octanol–water partition coefficient (Wildman–Crippen LogP) is 11.1. The van der Waals surface area contributed by atoms with Gasteiger partial charge < -0.3 is 9.97 Å². The van der Waals surface area contributed by atoms with E-state index in [4.69, 9.17) is 9.97 Å². The van der Waals surface area contributed by atoms with Gasteiger partial charge in [0.05, 0.1) is 28.3 Å². The number of nitrogens with one attached hydrogen (secondary N) is 2. The molecule has 0 fully saturated rings. The van der Waals surface area contributed by atoms with Gasteiger partial charge >= 0.3 is 0 Å². The fraction of sp³-hybridized carbons (Fsp3) is 0. The Bertz CT molecular complexity index is 2630. The smallest absolute Gasteiger partial charge is 0.152 e. The van der Waals surface area contributed by atoms with Crippen molar-refractivity contribution in [3.63, 3.8) is 0 Å². The van der Waals surface area contributed by atoms with Crippen LogP contribution < -0.4 is 0 Å². The third kappa shape index (κ3) is 5.09. The Morgan fingerprint density at radius 3 is 1.30 bits per heavy atom. The molecule has 50 heavy (non-hydrogen) atoms. The summed E-state index contributed by atoms with van der Waals surface area (Å²) in [6.45, 7) is 0. The Kier molecular flexibility index (Phi) is 7.21.